The molecule has 0 bridgehead atoms. The first kappa shape index (κ1) is 14.7. The van der Waals surface area contributed by atoms with E-state index in [2.05, 4.69) is 11.4 Å². The van der Waals surface area contributed by atoms with Crippen LogP contribution in [0.3, 0.4) is 0 Å². The number of benzene rings is 1. The van der Waals surface area contributed by atoms with Crippen molar-refractivity contribution in [2.45, 2.75) is 13.0 Å². The zero-order chi connectivity index (χ0) is 13.1. The minimum Gasteiger partial charge on any atom is -0.382 e. The molecule has 1 aromatic rings. The zero-order valence-electron chi connectivity index (χ0n) is 10.8. The minimum atomic E-state index is 0.651. The average molecular weight is 248 g/mol. The highest BCUT2D eigenvalue weighted by Crippen LogP contribution is 2.02. The van der Waals surface area contributed by atoms with Gasteiger partial charge in [0.15, 0.2) is 0 Å². The number of ether oxygens (including phenoxy) is 2. The molecule has 4 nitrogen and oxygen atoms in total. The fourth-order valence-corrected chi connectivity index (χ4v) is 1.47. The number of nitrogens with zero attached hydrogens (tertiary/aromatic N) is 1. The molecule has 18 heavy (non-hydrogen) atoms. The van der Waals surface area contributed by atoms with Gasteiger partial charge in [-0.3, -0.25) is 0 Å². The third-order valence-corrected chi connectivity index (χ3v) is 2.49. The highest BCUT2D eigenvalue weighted by atomic mass is 16.5. The van der Waals surface area contributed by atoms with Crippen LogP contribution < -0.4 is 5.32 Å². The van der Waals surface area contributed by atoms with Gasteiger partial charge in [0.2, 0.25) is 0 Å². The monoisotopic (exact) mass is 248 g/mol. The van der Waals surface area contributed by atoms with Gasteiger partial charge in [0, 0.05) is 20.3 Å². The summed E-state index contributed by atoms with van der Waals surface area (Å²) in [5, 5.41) is 12.0. The summed E-state index contributed by atoms with van der Waals surface area (Å²) >= 11 is 0. The standard InChI is InChI=1S/C14H20N2O2/c1-17-9-10-18-8-2-7-16-12-14-5-3-13(11-15)4-6-14/h3-6,16H,2,7-10,12H2,1H3. The van der Waals surface area contributed by atoms with Crippen LogP contribution in [0.2, 0.25) is 0 Å². The molecule has 1 aromatic carbocycles. The Morgan fingerprint density at radius 3 is 2.61 bits per heavy atom. The molecule has 0 aliphatic rings. The van der Waals surface area contributed by atoms with E-state index in [1.807, 2.05) is 24.3 Å². The fraction of sp³-hybridized carbons (Fsp3) is 0.500. The van der Waals surface area contributed by atoms with E-state index in [1.165, 1.54) is 5.56 Å². The quantitative estimate of drug-likeness (QED) is 0.676. The van der Waals surface area contributed by atoms with Crippen LogP contribution in [0.5, 0.6) is 0 Å². The number of nitriles is 1. The molecule has 0 radical (unpaired) electrons. The Bertz CT molecular complexity index is 357. The van der Waals surface area contributed by atoms with Gasteiger partial charge in [-0.05, 0) is 30.7 Å². The van der Waals surface area contributed by atoms with Gasteiger partial charge in [-0.25, -0.2) is 0 Å². The maximum Gasteiger partial charge on any atom is 0.0991 e. The third kappa shape index (κ3) is 6.36. The molecule has 0 atom stereocenters. The Morgan fingerprint density at radius 1 is 1.17 bits per heavy atom. The average Bonchev–Trinajstić information content (AvgIpc) is 2.42. The Balaban J connectivity index is 2.02. The summed E-state index contributed by atoms with van der Waals surface area (Å²) in [6.07, 6.45) is 0.986. The third-order valence-electron chi connectivity index (χ3n) is 2.49. The molecule has 0 unspecified atom stereocenters. The molecule has 0 saturated carbocycles. The molecule has 0 aliphatic heterocycles. The molecule has 1 N–H and O–H groups in total. The minimum absolute atomic E-state index is 0.651. The highest BCUT2D eigenvalue weighted by molar-refractivity contribution is 5.31. The lowest BCUT2D eigenvalue weighted by molar-refractivity contribution is 0.0695. The predicted octanol–water partition coefficient (Wildman–Crippen LogP) is 1.70. The lowest BCUT2D eigenvalue weighted by Crippen LogP contribution is -2.16. The highest BCUT2D eigenvalue weighted by Gasteiger charge is 1.94. The van der Waals surface area contributed by atoms with E-state index < -0.39 is 0 Å². The second-order valence-electron chi connectivity index (χ2n) is 3.94. The molecule has 0 fully saturated rings. The normalized spacial score (nSPS) is 10.2. The van der Waals surface area contributed by atoms with Crippen molar-refractivity contribution in [3.8, 4) is 6.07 Å². The Kier molecular flexibility index (Phi) is 7.82. The van der Waals surface area contributed by atoms with Crippen LogP contribution in [0.15, 0.2) is 24.3 Å². The van der Waals surface area contributed by atoms with Crippen molar-refractivity contribution in [2.24, 2.45) is 0 Å². The fourth-order valence-electron chi connectivity index (χ4n) is 1.47. The van der Waals surface area contributed by atoms with Crippen LogP contribution in [-0.2, 0) is 16.0 Å². The lowest BCUT2D eigenvalue weighted by atomic mass is 10.1. The molecule has 0 heterocycles. The van der Waals surface area contributed by atoms with E-state index in [4.69, 9.17) is 14.7 Å². The van der Waals surface area contributed by atoms with Gasteiger partial charge in [0.25, 0.3) is 0 Å². The van der Waals surface area contributed by atoms with Crippen molar-refractivity contribution in [2.75, 3.05) is 33.5 Å². The molecule has 0 saturated heterocycles. The van der Waals surface area contributed by atoms with Gasteiger partial charge >= 0.3 is 0 Å². The first-order chi connectivity index (χ1) is 8.86. The first-order valence-corrected chi connectivity index (χ1v) is 6.13. The second kappa shape index (κ2) is 9.60. The summed E-state index contributed by atoms with van der Waals surface area (Å²) in [6, 6.07) is 9.73. The first-order valence-electron chi connectivity index (χ1n) is 6.13. The molecule has 0 spiro atoms. The van der Waals surface area contributed by atoms with E-state index >= 15 is 0 Å². The maximum absolute atomic E-state index is 8.67. The van der Waals surface area contributed by atoms with Crippen LogP contribution in [0.4, 0.5) is 0 Å². The van der Waals surface area contributed by atoms with Crippen LogP contribution in [0.25, 0.3) is 0 Å². The van der Waals surface area contributed by atoms with Gasteiger partial charge in [-0.2, -0.15) is 5.26 Å². The van der Waals surface area contributed by atoms with Crippen molar-refractivity contribution in [1.82, 2.24) is 5.32 Å². The Labute approximate surface area is 109 Å². The number of nitrogens with one attached hydrogen (secondary N) is 1. The van der Waals surface area contributed by atoms with Crippen LogP contribution in [-0.4, -0.2) is 33.5 Å². The van der Waals surface area contributed by atoms with Crippen LogP contribution in [0, 0.1) is 11.3 Å². The number of hydrogen-bond acceptors (Lipinski definition) is 4. The van der Waals surface area contributed by atoms with E-state index in [9.17, 15) is 0 Å². The summed E-state index contributed by atoms with van der Waals surface area (Å²) in [5.41, 5.74) is 1.89. The number of methoxy groups -OCH3 is 1. The summed E-state index contributed by atoms with van der Waals surface area (Å²) < 4.78 is 10.2. The molecule has 0 aliphatic carbocycles. The molecule has 98 valence electrons. The summed E-state index contributed by atoms with van der Waals surface area (Å²) in [4.78, 5) is 0. The zero-order valence-corrected chi connectivity index (χ0v) is 10.8. The molecule has 0 aromatic heterocycles. The predicted molar refractivity (Wildman–Crippen MR) is 70.2 cm³/mol. The largest absolute Gasteiger partial charge is 0.382 e. The van der Waals surface area contributed by atoms with E-state index in [1.54, 1.807) is 7.11 Å². The molecular formula is C14H20N2O2. The summed E-state index contributed by atoms with van der Waals surface area (Å²) in [5.74, 6) is 0. The van der Waals surface area contributed by atoms with Gasteiger partial charge in [0.1, 0.15) is 0 Å². The smallest absolute Gasteiger partial charge is 0.0991 e. The second-order valence-corrected chi connectivity index (χ2v) is 3.94. The van der Waals surface area contributed by atoms with Crippen LogP contribution in [0.1, 0.15) is 17.5 Å². The summed E-state index contributed by atoms with van der Waals surface area (Å²) in [6.45, 7) is 3.81. The van der Waals surface area contributed by atoms with Gasteiger partial charge in [-0.15, -0.1) is 0 Å². The summed E-state index contributed by atoms with van der Waals surface area (Å²) in [7, 11) is 1.67. The van der Waals surface area contributed by atoms with Gasteiger partial charge < -0.3 is 14.8 Å². The van der Waals surface area contributed by atoms with Crippen molar-refractivity contribution in [3.63, 3.8) is 0 Å². The Hall–Kier alpha value is -1.41. The van der Waals surface area contributed by atoms with Gasteiger partial charge in [0.05, 0.1) is 24.8 Å². The Morgan fingerprint density at radius 2 is 1.94 bits per heavy atom. The van der Waals surface area contributed by atoms with Crippen molar-refractivity contribution >= 4 is 0 Å². The van der Waals surface area contributed by atoms with E-state index in [0.29, 0.717) is 18.8 Å². The SMILES string of the molecule is COCCOCCCNCc1ccc(C#N)cc1. The maximum atomic E-state index is 8.67. The lowest BCUT2D eigenvalue weighted by Gasteiger charge is -2.06. The molecule has 1 rings (SSSR count). The number of hydrogen-bond donors (Lipinski definition) is 1. The van der Waals surface area contributed by atoms with E-state index in [0.717, 1.165) is 26.1 Å². The van der Waals surface area contributed by atoms with Gasteiger partial charge in [-0.1, -0.05) is 12.1 Å². The van der Waals surface area contributed by atoms with Crippen molar-refractivity contribution in [1.29, 1.82) is 5.26 Å². The number of rotatable bonds is 9. The van der Waals surface area contributed by atoms with E-state index in [-0.39, 0.29) is 0 Å². The van der Waals surface area contributed by atoms with Crippen molar-refractivity contribution < 1.29 is 9.47 Å². The molecule has 4 heteroatoms. The van der Waals surface area contributed by atoms with Crippen LogP contribution >= 0.6 is 0 Å². The topological polar surface area (TPSA) is 54.3 Å². The molecule has 0 amide bonds. The van der Waals surface area contributed by atoms with Crippen molar-refractivity contribution in [3.05, 3.63) is 35.4 Å². The molecular weight excluding hydrogens is 228 g/mol.